The van der Waals surface area contributed by atoms with Crippen LogP contribution in [0.25, 0.3) is 0 Å². The van der Waals surface area contributed by atoms with Crippen molar-refractivity contribution in [1.82, 2.24) is 0 Å². The van der Waals surface area contributed by atoms with Crippen molar-refractivity contribution in [2.24, 2.45) is 0 Å². The Hall–Kier alpha value is 0.774. The van der Waals surface area contributed by atoms with Gasteiger partial charge in [-0.05, 0) is 48.5 Å². The molecule has 0 saturated carbocycles. The van der Waals surface area contributed by atoms with E-state index in [0.29, 0.717) is 57.4 Å². The number of rotatable bonds is 14. The maximum atomic E-state index is 5.69. The second-order valence-corrected chi connectivity index (χ2v) is 9.33. The lowest BCUT2D eigenvalue weighted by atomic mass is 10.9. The summed E-state index contributed by atoms with van der Waals surface area (Å²) < 4.78 is 32.3. The smallest absolute Gasteiger partial charge is 0.376 e. The highest BCUT2D eigenvalue weighted by Gasteiger charge is 2.39. The van der Waals surface area contributed by atoms with Gasteiger partial charge in [-0.25, -0.2) is 0 Å². The number of alkyl halides is 2. The zero-order valence-corrected chi connectivity index (χ0v) is 21.0. The quantitative estimate of drug-likeness (QED) is 0.290. The molecule has 0 atom stereocenters. The first kappa shape index (κ1) is 31.5. The topological polar surface area (TPSA) is 55.4 Å². The lowest BCUT2D eigenvalue weighted by Gasteiger charge is -2.27. The zero-order valence-electron chi connectivity index (χ0n) is 17.4. The van der Waals surface area contributed by atoms with Gasteiger partial charge in [0.15, 0.2) is 0 Å². The molecule has 161 valence electrons. The van der Waals surface area contributed by atoms with E-state index in [1.54, 1.807) is 0 Å². The Morgan fingerprint density at radius 2 is 1.00 bits per heavy atom. The molecule has 0 rings (SSSR count). The SMILES string of the molecule is CCO[SiH](OCC)OCC.CCO[Si](CCCl)(OCC)OCC.[CH2]CCl. The highest BCUT2D eigenvalue weighted by Crippen LogP contribution is 2.16. The van der Waals surface area contributed by atoms with Gasteiger partial charge in [-0.1, -0.05) is 0 Å². The molecule has 0 aliphatic heterocycles. The highest BCUT2D eigenvalue weighted by atomic mass is 35.5. The monoisotopic (exact) mass is 453 g/mol. The summed E-state index contributed by atoms with van der Waals surface area (Å²) in [5.74, 6) is 0.992. The van der Waals surface area contributed by atoms with Crippen LogP contribution in [-0.4, -0.2) is 69.7 Å². The van der Waals surface area contributed by atoms with Crippen molar-refractivity contribution in [1.29, 1.82) is 0 Å². The molecule has 0 bridgehead atoms. The highest BCUT2D eigenvalue weighted by molar-refractivity contribution is 6.61. The van der Waals surface area contributed by atoms with Crippen LogP contribution in [0.4, 0.5) is 0 Å². The zero-order chi connectivity index (χ0) is 20.7. The van der Waals surface area contributed by atoms with E-state index in [2.05, 4.69) is 6.92 Å². The van der Waals surface area contributed by atoms with Crippen molar-refractivity contribution in [3.63, 3.8) is 0 Å². The molecule has 0 aliphatic carbocycles. The van der Waals surface area contributed by atoms with Gasteiger partial charge >= 0.3 is 18.3 Å². The van der Waals surface area contributed by atoms with Gasteiger partial charge in [-0.2, -0.15) is 0 Å². The van der Waals surface area contributed by atoms with E-state index in [1.807, 2.05) is 41.5 Å². The minimum absolute atomic E-state index is 0.472. The number of halogens is 2. The maximum Gasteiger partial charge on any atom is 0.502 e. The van der Waals surface area contributed by atoms with Crippen molar-refractivity contribution in [3.8, 4) is 0 Å². The molecular formula is C16H39Cl2O6Si2. The summed E-state index contributed by atoms with van der Waals surface area (Å²) in [7, 11) is -4.16. The van der Waals surface area contributed by atoms with E-state index in [1.165, 1.54) is 0 Å². The molecule has 0 heterocycles. The third kappa shape index (κ3) is 21.1. The largest absolute Gasteiger partial charge is 0.502 e. The summed E-state index contributed by atoms with van der Waals surface area (Å²) in [5, 5.41) is 0. The Labute approximate surface area is 174 Å². The van der Waals surface area contributed by atoms with Crippen LogP contribution >= 0.6 is 23.2 Å². The number of hydrogen-bond donors (Lipinski definition) is 0. The van der Waals surface area contributed by atoms with E-state index in [9.17, 15) is 0 Å². The van der Waals surface area contributed by atoms with E-state index < -0.39 is 18.3 Å². The Morgan fingerprint density at radius 1 is 0.692 bits per heavy atom. The molecule has 0 amide bonds. The molecule has 0 unspecified atom stereocenters. The van der Waals surface area contributed by atoms with Crippen LogP contribution in [0, 0.1) is 6.92 Å². The Balaban J connectivity index is -0.000000362. The molecule has 0 aromatic heterocycles. The van der Waals surface area contributed by atoms with Gasteiger partial charge in [0.1, 0.15) is 0 Å². The fourth-order valence-electron chi connectivity index (χ4n) is 1.67. The van der Waals surface area contributed by atoms with Crippen LogP contribution < -0.4 is 0 Å². The first-order chi connectivity index (χ1) is 12.5. The van der Waals surface area contributed by atoms with E-state index in [4.69, 9.17) is 49.8 Å². The Kier molecular flexibility index (Phi) is 31.2. The van der Waals surface area contributed by atoms with E-state index in [0.717, 1.165) is 0 Å². The second-order valence-electron chi connectivity index (χ2n) is 4.26. The third-order valence-corrected chi connectivity index (χ3v) is 7.77. The molecule has 6 nitrogen and oxygen atoms in total. The third-order valence-electron chi connectivity index (χ3n) is 2.40. The summed E-state index contributed by atoms with van der Waals surface area (Å²) >= 11 is 10.6. The molecule has 0 fully saturated rings. The Bertz CT molecular complexity index is 213. The number of hydrogen-bond acceptors (Lipinski definition) is 6. The maximum absolute atomic E-state index is 5.69. The average molecular weight is 455 g/mol. The summed E-state index contributed by atoms with van der Waals surface area (Å²) in [6, 6.07) is 0.685. The van der Waals surface area contributed by atoms with Gasteiger partial charge in [-0.3, -0.25) is 0 Å². The molecule has 0 aromatic rings. The standard InChI is InChI=1S/C8H19ClO3Si.C6H16O3Si.C2H4Cl/c1-4-10-13(8-7-9,11-5-2)12-6-3;1-4-7-10(8-5-2)9-6-3;1-2-3/h4-8H2,1-3H3;10H,4-6H2,1-3H3;1-2H2. The second kappa shape index (κ2) is 25.8. The summed E-state index contributed by atoms with van der Waals surface area (Å²) in [6.07, 6.45) is 0. The molecule has 0 N–H and O–H groups in total. The first-order valence-electron chi connectivity index (χ1n) is 9.18. The van der Waals surface area contributed by atoms with Crippen LogP contribution in [0.15, 0.2) is 0 Å². The van der Waals surface area contributed by atoms with Gasteiger partial charge in [0.25, 0.3) is 0 Å². The van der Waals surface area contributed by atoms with Crippen LogP contribution in [0.3, 0.4) is 0 Å². The lowest BCUT2D eigenvalue weighted by Crippen LogP contribution is -2.46. The van der Waals surface area contributed by atoms with Crippen molar-refractivity contribution in [2.45, 2.75) is 47.6 Å². The van der Waals surface area contributed by atoms with Crippen molar-refractivity contribution in [2.75, 3.05) is 51.4 Å². The fraction of sp³-hybridized carbons (Fsp3) is 0.938. The summed E-state index contributed by atoms with van der Waals surface area (Å²) in [5.41, 5.74) is 0. The van der Waals surface area contributed by atoms with Gasteiger partial charge in [0.05, 0.1) is 0 Å². The van der Waals surface area contributed by atoms with Crippen molar-refractivity contribution in [3.05, 3.63) is 6.92 Å². The van der Waals surface area contributed by atoms with Crippen LogP contribution in [0.2, 0.25) is 6.04 Å². The first-order valence-corrected chi connectivity index (χ1v) is 13.6. The molecule has 0 spiro atoms. The minimum Gasteiger partial charge on any atom is -0.376 e. The summed E-state index contributed by atoms with van der Waals surface area (Å²) in [4.78, 5) is 0. The predicted molar refractivity (Wildman–Crippen MR) is 114 cm³/mol. The molecule has 10 heteroatoms. The van der Waals surface area contributed by atoms with Crippen molar-refractivity contribution >= 4 is 41.5 Å². The molecule has 0 aromatic carbocycles. The minimum atomic E-state index is -2.43. The Morgan fingerprint density at radius 3 is 1.19 bits per heavy atom. The summed E-state index contributed by atoms with van der Waals surface area (Å²) in [6.45, 7) is 18.8. The molecule has 1 radical (unpaired) electrons. The normalized spacial score (nSPS) is 10.8. The van der Waals surface area contributed by atoms with Gasteiger partial charge < -0.3 is 26.6 Å². The van der Waals surface area contributed by atoms with Crippen molar-refractivity contribution < 1.29 is 26.6 Å². The molecule has 0 aliphatic rings. The van der Waals surface area contributed by atoms with Crippen LogP contribution in [-0.2, 0) is 26.6 Å². The van der Waals surface area contributed by atoms with Crippen LogP contribution in [0.5, 0.6) is 0 Å². The van der Waals surface area contributed by atoms with Crippen LogP contribution in [0.1, 0.15) is 41.5 Å². The van der Waals surface area contributed by atoms with E-state index >= 15 is 0 Å². The fourth-order valence-corrected chi connectivity index (χ4v) is 5.70. The molecule has 0 saturated heterocycles. The molecule has 26 heavy (non-hydrogen) atoms. The van der Waals surface area contributed by atoms with Gasteiger partial charge in [0.2, 0.25) is 0 Å². The van der Waals surface area contributed by atoms with Gasteiger partial charge in [0, 0.05) is 57.4 Å². The molecular weight excluding hydrogens is 415 g/mol. The average Bonchev–Trinajstić information content (AvgIpc) is 2.58. The van der Waals surface area contributed by atoms with E-state index in [-0.39, 0.29) is 0 Å². The van der Waals surface area contributed by atoms with Gasteiger partial charge in [-0.15, -0.1) is 23.2 Å². The lowest BCUT2D eigenvalue weighted by molar-refractivity contribution is 0.0728. The predicted octanol–water partition coefficient (Wildman–Crippen LogP) is 4.15.